The van der Waals surface area contributed by atoms with E-state index in [4.69, 9.17) is 10.8 Å². The lowest BCUT2D eigenvalue weighted by atomic mass is 10.0. The summed E-state index contributed by atoms with van der Waals surface area (Å²) >= 11 is 0. The molecule has 3 rings (SSSR count). The van der Waals surface area contributed by atoms with Crippen LogP contribution in [0.3, 0.4) is 0 Å². The third kappa shape index (κ3) is 4.11. The highest BCUT2D eigenvalue weighted by atomic mass is 15.3. The molecule has 136 valence electrons. The van der Waals surface area contributed by atoms with Gasteiger partial charge in [-0.25, -0.2) is 4.98 Å². The number of hydrogen-bond acceptors (Lipinski definition) is 4. The highest BCUT2D eigenvalue weighted by Gasteiger charge is 2.20. The molecule has 0 fully saturated rings. The van der Waals surface area contributed by atoms with Gasteiger partial charge >= 0.3 is 0 Å². The second-order valence-electron chi connectivity index (χ2n) is 7.37. The Morgan fingerprint density at radius 2 is 1.85 bits per heavy atom. The standard InChI is InChI=1S/C21H27N5/c1-21(2,3)26-15-18(20(25-26)16-8-5-4-6-9-16)17-10-13-24-19(14-17)23-12-7-11-22/h4-6,8-10,13-15H,7,11-12,22H2,1-3H3,(H,23,24). The second-order valence-corrected chi connectivity index (χ2v) is 7.37. The highest BCUT2D eigenvalue weighted by Crippen LogP contribution is 2.33. The number of benzene rings is 1. The zero-order chi connectivity index (χ0) is 18.6. The topological polar surface area (TPSA) is 68.8 Å². The summed E-state index contributed by atoms with van der Waals surface area (Å²) in [4.78, 5) is 4.42. The van der Waals surface area contributed by atoms with Crippen LogP contribution in [0.15, 0.2) is 54.9 Å². The second kappa shape index (κ2) is 7.70. The Bertz CT molecular complexity index is 846. The lowest BCUT2D eigenvalue weighted by molar-refractivity contribution is 0.356. The maximum Gasteiger partial charge on any atom is 0.126 e. The molecule has 0 atom stereocenters. The van der Waals surface area contributed by atoms with Crippen molar-refractivity contribution in [3.63, 3.8) is 0 Å². The molecule has 0 spiro atoms. The van der Waals surface area contributed by atoms with E-state index in [1.165, 1.54) is 0 Å². The molecule has 5 nitrogen and oxygen atoms in total. The maximum absolute atomic E-state index is 5.57. The first kappa shape index (κ1) is 18.1. The fourth-order valence-corrected chi connectivity index (χ4v) is 2.75. The largest absolute Gasteiger partial charge is 0.370 e. The molecule has 0 radical (unpaired) electrons. The normalized spacial score (nSPS) is 11.5. The van der Waals surface area contributed by atoms with Crippen molar-refractivity contribution < 1.29 is 0 Å². The van der Waals surface area contributed by atoms with Gasteiger partial charge in [-0.05, 0) is 51.4 Å². The molecular weight excluding hydrogens is 322 g/mol. The van der Waals surface area contributed by atoms with E-state index in [2.05, 4.69) is 55.5 Å². The molecule has 0 saturated heterocycles. The van der Waals surface area contributed by atoms with E-state index in [-0.39, 0.29) is 5.54 Å². The van der Waals surface area contributed by atoms with Crippen molar-refractivity contribution in [2.75, 3.05) is 18.4 Å². The van der Waals surface area contributed by atoms with Crippen LogP contribution >= 0.6 is 0 Å². The fraction of sp³-hybridized carbons (Fsp3) is 0.333. The number of rotatable bonds is 6. The molecule has 0 saturated carbocycles. The molecule has 0 bridgehead atoms. The zero-order valence-corrected chi connectivity index (χ0v) is 15.7. The molecule has 0 amide bonds. The summed E-state index contributed by atoms with van der Waals surface area (Å²) in [5, 5.41) is 8.23. The van der Waals surface area contributed by atoms with E-state index in [1.807, 2.05) is 35.1 Å². The molecule has 0 aliphatic heterocycles. The minimum atomic E-state index is -0.0863. The van der Waals surface area contributed by atoms with Crippen molar-refractivity contribution in [2.45, 2.75) is 32.7 Å². The first-order valence-electron chi connectivity index (χ1n) is 9.05. The Kier molecular flexibility index (Phi) is 5.38. The molecule has 0 unspecified atom stereocenters. The predicted molar refractivity (Wildman–Crippen MR) is 108 cm³/mol. The molecule has 26 heavy (non-hydrogen) atoms. The number of anilines is 1. The van der Waals surface area contributed by atoms with Gasteiger partial charge in [0.25, 0.3) is 0 Å². The summed E-state index contributed by atoms with van der Waals surface area (Å²) < 4.78 is 2.03. The quantitative estimate of drug-likeness (QED) is 0.657. The van der Waals surface area contributed by atoms with Crippen molar-refractivity contribution >= 4 is 5.82 Å². The molecule has 1 aromatic carbocycles. The van der Waals surface area contributed by atoms with Crippen molar-refractivity contribution in [1.82, 2.24) is 14.8 Å². The van der Waals surface area contributed by atoms with Crippen LogP contribution in [0.4, 0.5) is 5.82 Å². The van der Waals surface area contributed by atoms with Crippen LogP contribution in [-0.4, -0.2) is 27.9 Å². The van der Waals surface area contributed by atoms with Gasteiger partial charge in [0.05, 0.1) is 5.54 Å². The van der Waals surface area contributed by atoms with Crippen molar-refractivity contribution in [3.8, 4) is 22.4 Å². The Balaban J connectivity index is 2.04. The number of aromatic nitrogens is 3. The molecule has 2 aromatic heterocycles. The zero-order valence-electron chi connectivity index (χ0n) is 15.7. The van der Waals surface area contributed by atoms with E-state index in [9.17, 15) is 0 Å². The van der Waals surface area contributed by atoms with Crippen molar-refractivity contribution in [1.29, 1.82) is 0 Å². The van der Waals surface area contributed by atoms with Crippen molar-refractivity contribution in [2.24, 2.45) is 5.73 Å². The molecule has 0 aliphatic rings. The first-order valence-corrected chi connectivity index (χ1v) is 9.05. The lowest BCUT2D eigenvalue weighted by Crippen LogP contribution is -2.22. The number of pyridine rings is 1. The third-order valence-corrected chi connectivity index (χ3v) is 4.21. The van der Waals surface area contributed by atoms with E-state index >= 15 is 0 Å². The van der Waals surface area contributed by atoms with Gasteiger partial charge in [-0.3, -0.25) is 4.68 Å². The van der Waals surface area contributed by atoms with Crippen LogP contribution in [0.1, 0.15) is 27.2 Å². The van der Waals surface area contributed by atoms with Gasteiger partial charge in [0.1, 0.15) is 11.5 Å². The van der Waals surface area contributed by atoms with Gasteiger partial charge in [-0.15, -0.1) is 0 Å². The van der Waals surface area contributed by atoms with Gasteiger partial charge in [-0.2, -0.15) is 5.10 Å². The Hall–Kier alpha value is -2.66. The fourth-order valence-electron chi connectivity index (χ4n) is 2.75. The minimum absolute atomic E-state index is 0.0863. The smallest absolute Gasteiger partial charge is 0.126 e. The first-order chi connectivity index (χ1) is 12.5. The summed E-state index contributed by atoms with van der Waals surface area (Å²) in [6, 6.07) is 14.4. The summed E-state index contributed by atoms with van der Waals surface area (Å²) in [5.74, 6) is 0.860. The van der Waals surface area contributed by atoms with Gasteiger partial charge in [-0.1, -0.05) is 30.3 Å². The summed E-state index contributed by atoms with van der Waals surface area (Å²) in [7, 11) is 0. The third-order valence-electron chi connectivity index (χ3n) is 4.21. The Morgan fingerprint density at radius 1 is 1.08 bits per heavy atom. The van der Waals surface area contributed by atoms with Crippen LogP contribution < -0.4 is 11.1 Å². The number of hydrogen-bond donors (Lipinski definition) is 2. The van der Waals surface area contributed by atoms with E-state index in [1.54, 1.807) is 0 Å². The number of nitrogens with one attached hydrogen (secondary N) is 1. The van der Waals surface area contributed by atoms with Gasteiger partial charge in [0, 0.05) is 30.1 Å². The van der Waals surface area contributed by atoms with E-state index in [0.29, 0.717) is 6.54 Å². The van der Waals surface area contributed by atoms with Gasteiger partial charge < -0.3 is 11.1 Å². The number of nitrogens with two attached hydrogens (primary N) is 1. The molecule has 3 N–H and O–H groups in total. The monoisotopic (exact) mass is 349 g/mol. The molecular formula is C21H27N5. The van der Waals surface area contributed by atoms with Crippen LogP contribution in [0.2, 0.25) is 0 Å². The minimum Gasteiger partial charge on any atom is -0.370 e. The van der Waals surface area contributed by atoms with Gasteiger partial charge in [0.15, 0.2) is 0 Å². The summed E-state index contributed by atoms with van der Waals surface area (Å²) in [6.07, 6.45) is 4.88. The van der Waals surface area contributed by atoms with Crippen molar-refractivity contribution in [3.05, 3.63) is 54.9 Å². The van der Waals surface area contributed by atoms with Crippen LogP contribution in [0.25, 0.3) is 22.4 Å². The molecule has 5 heteroatoms. The molecule has 3 aromatic rings. The average Bonchev–Trinajstić information content (AvgIpc) is 3.09. The Labute approximate surface area is 155 Å². The van der Waals surface area contributed by atoms with E-state index in [0.717, 1.165) is 41.2 Å². The predicted octanol–water partition coefficient (Wildman–Crippen LogP) is 4.13. The molecule has 0 aliphatic carbocycles. The maximum atomic E-state index is 5.57. The van der Waals surface area contributed by atoms with Crippen LogP contribution in [-0.2, 0) is 5.54 Å². The number of nitrogens with zero attached hydrogens (tertiary/aromatic N) is 3. The van der Waals surface area contributed by atoms with E-state index < -0.39 is 0 Å². The van der Waals surface area contributed by atoms with Crippen LogP contribution in [0.5, 0.6) is 0 Å². The molecule has 2 heterocycles. The highest BCUT2D eigenvalue weighted by molar-refractivity contribution is 5.81. The average molecular weight is 349 g/mol. The van der Waals surface area contributed by atoms with Crippen LogP contribution in [0, 0.1) is 0 Å². The summed E-state index contributed by atoms with van der Waals surface area (Å²) in [6.45, 7) is 7.96. The Morgan fingerprint density at radius 3 is 2.54 bits per heavy atom. The van der Waals surface area contributed by atoms with Gasteiger partial charge in [0.2, 0.25) is 0 Å². The SMILES string of the molecule is CC(C)(C)n1cc(-c2ccnc(NCCCN)c2)c(-c2ccccc2)n1. The lowest BCUT2D eigenvalue weighted by Gasteiger charge is -2.18. The summed E-state index contributed by atoms with van der Waals surface area (Å²) in [5.41, 5.74) is 9.79.